The second kappa shape index (κ2) is 3.21. The molecular formula is C4H5O3-. The van der Waals surface area contributed by atoms with E-state index in [0.29, 0.717) is 0 Å². The van der Waals surface area contributed by atoms with E-state index in [-0.39, 0.29) is 6.61 Å². The first-order valence-electron chi connectivity index (χ1n) is 1.72. The standard InChI is InChI=1S/C4H6O3/c1-2-3-7-4(5)6/h2H,1,3H2,(H,5,6)/p-1. The van der Waals surface area contributed by atoms with Crippen LogP contribution in [0.15, 0.2) is 12.7 Å². The number of hydrogen-bond donors (Lipinski definition) is 0. The zero-order valence-corrected chi connectivity index (χ0v) is 3.72. The van der Waals surface area contributed by atoms with Gasteiger partial charge in [0.2, 0.25) is 0 Å². The summed E-state index contributed by atoms with van der Waals surface area (Å²) in [5.74, 6) is 0. The number of carbonyl (C=O) groups excluding carboxylic acids is 1. The van der Waals surface area contributed by atoms with Crippen molar-refractivity contribution >= 4 is 6.16 Å². The molecule has 3 heteroatoms. The van der Waals surface area contributed by atoms with Crippen LogP contribution in [0.2, 0.25) is 0 Å². The van der Waals surface area contributed by atoms with Crippen LogP contribution in [-0.2, 0) is 4.74 Å². The fourth-order valence-electron chi connectivity index (χ4n) is 0.127. The minimum absolute atomic E-state index is 0.00231. The Bertz CT molecular complexity index is 77.0. The average molecular weight is 101 g/mol. The van der Waals surface area contributed by atoms with Crippen molar-refractivity contribution < 1.29 is 14.6 Å². The van der Waals surface area contributed by atoms with E-state index in [1.54, 1.807) is 0 Å². The molecule has 0 saturated carbocycles. The Balaban J connectivity index is 2.97. The summed E-state index contributed by atoms with van der Waals surface area (Å²) in [4.78, 5) is 9.38. The highest BCUT2D eigenvalue weighted by Gasteiger charge is 1.73. The first-order chi connectivity index (χ1) is 3.27. The summed E-state index contributed by atoms with van der Waals surface area (Å²) >= 11 is 0. The summed E-state index contributed by atoms with van der Waals surface area (Å²) in [5.41, 5.74) is 0. The summed E-state index contributed by atoms with van der Waals surface area (Å²) in [6.07, 6.45) is -0.185. The van der Waals surface area contributed by atoms with Gasteiger partial charge in [-0.05, 0) is 0 Å². The van der Waals surface area contributed by atoms with Gasteiger partial charge in [-0.25, -0.2) is 0 Å². The Morgan fingerprint density at radius 3 is 2.71 bits per heavy atom. The van der Waals surface area contributed by atoms with E-state index >= 15 is 0 Å². The van der Waals surface area contributed by atoms with Gasteiger partial charge in [0.05, 0.1) is 0 Å². The highest BCUT2D eigenvalue weighted by atomic mass is 16.7. The molecule has 0 amide bonds. The number of carbonyl (C=O) groups is 1. The van der Waals surface area contributed by atoms with Crippen molar-refractivity contribution in [2.75, 3.05) is 6.61 Å². The van der Waals surface area contributed by atoms with Crippen molar-refractivity contribution in [3.8, 4) is 0 Å². The Morgan fingerprint density at radius 1 is 2.00 bits per heavy atom. The maximum Gasteiger partial charge on any atom is 0.252 e. The molecule has 3 nitrogen and oxygen atoms in total. The highest BCUT2D eigenvalue weighted by molar-refractivity contribution is 5.54. The van der Waals surface area contributed by atoms with Crippen molar-refractivity contribution in [2.24, 2.45) is 0 Å². The normalized spacial score (nSPS) is 7.43. The lowest BCUT2D eigenvalue weighted by atomic mass is 10.7. The molecule has 0 fully saturated rings. The van der Waals surface area contributed by atoms with E-state index in [9.17, 15) is 9.90 Å². The fraction of sp³-hybridized carbons (Fsp3) is 0.250. The van der Waals surface area contributed by atoms with Gasteiger partial charge in [0.25, 0.3) is 6.16 Å². The maximum absolute atomic E-state index is 9.38. The highest BCUT2D eigenvalue weighted by Crippen LogP contribution is 1.69. The van der Waals surface area contributed by atoms with Gasteiger partial charge in [-0.15, -0.1) is 6.58 Å². The van der Waals surface area contributed by atoms with Gasteiger partial charge in [-0.1, -0.05) is 6.08 Å². The van der Waals surface area contributed by atoms with Gasteiger partial charge in [-0.3, -0.25) is 0 Å². The zero-order chi connectivity index (χ0) is 5.70. The van der Waals surface area contributed by atoms with Gasteiger partial charge in [0, 0.05) is 6.61 Å². The quantitative estimate of drug-likeness (QED) is 0.349. The Kier molecular flexibility index (Phi) is 2.76. The van der Waals surface area contributed by atoms with E-state index in [4.69, 9.17) is 0 Å². The lowest BCUT2D eigenvalue weighted by Gasteiger charge is -2.00. The van der Waals surface area contributed by atoms with Gasteiger partial charge < -0.3 is 14.6 Å². The Labute approximate surface area is 41.2 Å². The summed E-state index contributed by atoms with van der Waals surface area (Å²) < 4.78 is 3.88. The predicted molar refractivity (Wildman–Crippen MR) is 21.5 cm³/mol. The third-order valence-electron chi connectivity index (χ3n) is 0.319. The molecule has 0 aromatic carbocycles. The van der Waals surface area contributed by atoms with E-state index in [1.165, 1.54) is 6.08 Å². The number of rotatable bonds is 2. The number of hydrogen-bond acceptors (Lipinski definition) is 3. The molecule has 0 atom stereocenters. The van der Waals surface area contributed by atoms with Gasteiger partial charge in [0.15, 0.2) is 0 Å². The minimum Gasteiger partial charge on any atom is -0.546 e. The Hall–Kier alpha value is -0.990. The van der Waals surface area contributed by atoms with Crippen molar-refractivity contribution in [3.05, 3.63) is 12.7 Å². The maximum atomic E-state index is 9.38. The lowest BCUT2D eigenvalue weighted by molar-refractivity contribution is -0.281. The topological polar surface area (TPSA) is 49.4 Å². The molecule has 0 aliphatic carbocycles. The third kappa shape index (κ3) is 5.01. The Morgan fingerprint density at radius 2 is 2.57 bits per heavy atom. The second-order valence-electron chi connectivity index (χ2n) is 0.850. The van der Waals surface area contributed by atoms with Crippen LogP contribution in [-0.4, -0.2) is 12.8 Å². The summed E-state index contributed by atoms with van der Waals surface area (Å²) in [7, 11) is 0. The average Bonchev–Trinajstić information content (AvgIpc) is 1.61. The largest absolute Gasteiger partial charge is 0.546 e. The molecule has 0 bridgehead atoms. The number of ether oxygens (including phenoxy) is 1. The van der Waals surface area contributed by atoms with Crippen molar-refractivity contribution in [3.63, 3.8) is 0 Å². The SMILES string of the molecule is C=CCOC(=O)[O-]. The van der Waals surface area contributed by atoms with Crippen LogP contribution in [0.3, 0.4) is 0 Å². The van der Waals surface area contributed by atoms with Crippen LogP contribution in [0.1, 0.15) is 0 Å². The molecule has 0 saturated heterocycles. The van der Waals surface area contributed by atoms with Gasteiger partial charge in [-0.2, -0.15) is 0 Å². The van der Waals surface area contributed by atoms with Crippen LogP contribution in [0, 0.1) is 0 Å². The summed E-state index contributed by atoms with van der Waals surface area (Å²) in [6.45, 7) is 3.22. The van der Waals surface area contributed by atoms with Crippen LogP contribution in [0.25, 0.3) is 0 Å². The van der Waals surface area contributed by atoms with Crippen LogP contribution >= 0.6 is 0 Å². The monoisotopic (exact) mass is 101 g/mol. The van der Waals surface area contributed by atoms with Gasteiger partial charge >= 0.3 is 0 Å². The fourth-order valence-corrected chi connectivity index (χ4v) is 0.127. The predicted octanol–water partition coefficient (Wildman–Crippen LogP) is -0.468. The second-order valence-corrected chi connectivity index (χ2v) is 0.850. The molecule has 0 aliphatic heterocycles. The third-order valence-corrected chi connectivity index (χ3v) is 0.319. The molecule has 0 spiro atoms. The molecule has 0 aromatic heterocycles. The van der Waals surface area contributed by atoms with Crippen LogP contribution < -0.4 is 5.11 Å². The smallest absolute Gasteiger partial charge is 0.252 e. The molecule has 0 rings (SSSR count). The molecular weight excluding hydrogens is 96.0 g/mol. The van der Waals surface area contributed by atoms with Crippen LogP contribution in [0.4, 0.5) is 4.79 Å². The molecule has 0 unspecified atom stereocenters. The van der Waals surface area contributed by atoms with Crippen molar-refractivity contribution in [2.45, 2.75) is 0 Å². The first kappa shape index (κ1) is 6.01. The van der Waals surface area contributed by atoms with Gasteiger partial charge in [0.1, 0.15) is 0 Å². The molecule has 0 N–H and O–H groups in total. The van der Waals surface area contributed by atoms with E-state index < -0.39 is 6.16 Å². The van der Waals surface area contributed by atoms with Crippen LogP contribution in [0.5, 0.6) is 0 Å². The molecule has 0 aliphatic rings. The van der Waals surface area contributed by atoms with E-state index in [2.05, 4.69) is 11.3 Å². The number of carboxylic acid groups (broad SMARTS) is 1. The molecule has 40 valence electrons. The van der Waals surface area contributed by atoms with E-state index in [1.807, 2.05) is 0 Å². The minimum atomic E-state index is -1.51. The van der Waals surface area contributed by atoms with Crippen molar-refractivity contribution in [1.29, 1.82) is 0 Å². The summed E-state index contributed by atoms with van der Waals surface area (Å²) in [6, 6.07) is 0. The van der Waals surface area contributed by atoms with Crippen molar-refractivity contribution in [1.82, 2.24) is 0 Å². The molecule has 7 heavy (non-hydrogen) atoms. The molecule has 0 heterocycles. The molecule has 0 radical (unpaired) electrons. The first-order valence-corrected chi connectivity index (χ1v) is 1.72. The molecule has 0 aromatic rings. The summed E-state index contributed by atoms with van der Waals surface area (Å²) in [5, 5.41) is 9.38. The van der Waals surface area contributed by atoms with E-state index in [0.717, 1.165) is 0 Å². The zero-order valence-electron chi connectivity index (χ0n) is 3.72. The lowest BCUT2D eigenvalue weighted by Crippen LogP contribution is -2.23.